The van der Waals surface area contributed by atoms with Gasteiger partial charge in [-0.3, -0.25) is 4.79 Å². The molecule has 0 aromatic heterocycles. The first kappa shape index (κ1) is 20.3. The molecule has 0 aliphatic rings. The first-order valence-electron chi connectivity index (χ1n) is 7.66. The van der Waals surface area contributed by atoms with Crippen molar-refractivity contribution in [2.45, 2.75) is 26.3 Å². The number of benzene rings is 1. The quantitative estimate of drug-likeness (QED) is 0.599. The maximum atomic E-state index is 11.8. The minimum absolute atomic E-state index is 0.344. The van der Waals surface area contributed by atoms with Gasteiger partial charge in [0.1, 0.15) is 5.75 Å². The number of nitrogens with one attached hydrogen (secondary N) is 1. The highest BCUT2D eigenvalue weighted by Crippen LogP contribution is 2.35. The molecule has 0 heterocycles. The molecule has 0 radical (unpaired) electrons. The van der Waals surface area contributed by atoms with Gasteiger partial charge in [0, 0.05) is 23.2 Å². The number of esters is 1. The van der Waals surface area contributed by atoms with Gasteiger partial charge in [0.05, 0.1) is 21.3 Å². The van der Waals surface area contributed by atoms with Crippen molar-refractivity contribution in [2.24, 2.45) is 0 Å². The molecule has 0 unspecified atom stereocenters. The summed E-state index contributed by atoms with van der Waals surface area (Å²) in [6, 6.07) is 3.33. The van der Waals surface area contributed by atoms with Crippen LogP contribution in [0.4, 0.5) is 0 Å². The summed E-state index contributed by atoms with van der Waals surface area (Å²) < 4.78 is 20.6. The molecule has 1 N–H and O–H groups in total. The van der Waals surface area contributed by atoms with Gasteiger partial charge in [-0.2, -0.15) is 0 Å². The second kappa shape index (κ2) is 8.96. The van der Waals surface area contributed by atoms with Crippen molar-refractivity contribution in [2.75, 3.05) is 27.9 Å². The van der Waals surface area contributed by atoms with Crippen LogP contribution >= 0.6 is 0 Å². The largest absolute Gasteiger partial charge is 0.496 e. The molecule has 0 bridgehead atoms. The highest BCUT2D eigenvalue weighted by atomic mass is 16.5. The van der Waals surface area contributed by atoms with Crippen LogP contribution in [0.3, 0.4) is 0 Å². The van der Waals surface area contributed by atoms with Gasteiger partial charge in [0.25, 0.3) is 5.91 Å². The Kier molecular flexibility index (Phi) is 7.29. The number of amides is 1. The molecule has 7 heteroatoms. The van der Waals surface area contributed by atoms with Crippen molar-refractivity contribution in [1.29, 1.82) is 0 Å². The van der Waals surface area contributed by atoms with Crippen LogP contribution in [0.1, 0.15) is 26.3 Å². The van der Waals surface area contributed by atoms with Gasteiger partial charge in [-0.25, -0.2) is 4.79 Å². The van der Waals surface area contributed by atoms with Gasteiger partial charge < -0.3 is 24.3 Å². The Morgan fingerprint density at radius 2 is 1.56 bits per heavy atom. The van der Waals surface area contributed by atoms with Gasteiger partial charge >= 0.3 is 5.97 Å². The molecule has 1 rings (SSSR count). The second-order valence-corrected chi connectivity index (χ2v) is 6.19. The van der Waals surface area contributed by atoms with Crippen LogP contribution in [-0.4, -0.2) is 45.4 Å². The lowest BCUT2D eigenvalue weighted by Gasteiger charge is -2.20. The zero-order valence-electron chi connectivity index (χ0n) is 15.5. The number of rotatable bonds is 7. The van der Waals surface area contributed by atoms with Crippen molar-refractivity contribution < 1.29 is 28.5 Å². The van der Waals surface area contributed by atoms with E-state index in [2.05, 4.69) is 5.32 Å². The normalized spacial score (nSPS) is 11.1. The molecule has 25 heavy (non-hydrogen) atoms. The monoisotopic (exact) mass is 351 g/mol. The van der Waals surface area contributed by atoms with E-state index in [0.29, 0.717) is 22.8 Å². The maximum absolute atomic E-state index is 11.8. The lowest BCUT2D eigenvalue weighted by atomic mass is 10.1. The number of hydrogen-bond donors (Lipinski definition) is 1. The lowest BCUT2D eigenvalue weighted by molar-refractivity contribution is -0.144. The van der Waals surface area contributed by atoms with E-state index >= 15 is 0 Å². The van der Waals surface area contributed by atoms with E-state index in [9.17, 15) is 9.59 Å². The maximum Gasteiger partial charge on any atom is 0.331 e. The van der Waals surface area contributed by atoms with Gasteiger partial charge in [0.2, 0.25) is 0 Å². The molecule has 0 saturated carbocycles. The van der Waals surface area contributed by atoms with Gasteiger partial charge in [0.15, 0.2) is 18.1 Å². The minimum Gasteiger partial charge on any atom is -0.496 e. The fraction of sp³-hybridized carbons (Fsp3) is 0.444. The Morgan fingerprint density at radius 1 is 1.00 bits per heavy atom. The first-order valence-corrected chi connectivity index (χ1v) is 7.66. The van der Waals surface area contributed by atoms with Crippen molar-refractivity contribution in [1.82, 2.24) is 5.32 Å². The van der Waals surface area contributed by atoms with Crippen molar-refractivity contribution in [3.05, 3.63) is 23.8 Å². The fourth-order valence-corrected chi connectivity index (χ4v) is 1.98. The standard InChI is InChI=1S/C18H25NO6/c1-18(2,3)19-16(20)11-25-17(21)8-7-12-9-14(23-5)15(24-6)10-13(12)22-4/h7-10H,11H2,1-6H3,(H,19,20)/b8-7+. The third-order valence-electron chi connectivity index (χ3n) is 2.99. The van der Waals surface area contributed by atoms with Crippen molar-refractivity contribution in [3.63, 3.8) is 0 Å². The summed E-state index contributed by atoms with van der Waals surface area (Å²) in [6.45, 7) is 5.19. The molecule has 0 saturated heterocycles. The van der Waals surface area contributed by atoms with E-state index in [1.54, 1.807) is 12.1 Å². The summed E-state index contributed by atoms with van der Waals surface area (Å²) in [5.74, 6) is 0.518. The molecule has 1 aromatic rings. The van der Waals surface area contributed by atoms with Crippen molar-refractivity contribution >= 4 is 18.0 Å². The molecule has 1 aromatic carbocycles. The zero-order chi connectivity index (χ0) is 19.0. The Labute approximate surface area is 147 Å². The van der Waals surface area contributed by atoms with Crippen LogP contribution in [-0.2, 0) is 14.3 Å². The summed E-state index contributed by atoms with van der Waals surface area (Å²) in [7, 11) is 4.54. The molecule has 1 amide bonds. The van der Waals surface area contributed by atoms with Crippen LogP contribution in [0, 0.1) is 0 Å². The highest BCUT2D eigenvalue weighted by molar-refractivity contribution is 5.90. The van der Waals surface area contributed by atoms with E-state index in [1.165, 1.54) is 33.5 Å². The second-order valence-electron chi connectivity index (χ2n) is 6.19. The number of methoxy groups -OCH3 is 3. The average molecular weight is 351 g/mol. The van der Waals surface area contributed by atoms with Crippen LogP contribution in [0.2, 0.25) is 0 Å². The molecule has 0 fully saturated rings. The van der Waals surface area contributed by atoms with E-state index in [1.807, 2.05) is 20.8 Å². The predicted molar refractivity (Wildman–Crippen MR) is 94.0 cm³/mol. The van der Waals surface area contributed by atoms with Crippen LogP contribution in [0.15, 0.2) is 18.2 Å². The zero-order valence-corrected chi connectivity index (χ0v) is 15.5. The number of carbonyl (C=O) groups excluding carboxylic acids is 2. The van der Waals surface area contributed by atoms with Crippen molar-refractivity contribution in [3.8, 4) is 17.2 Å². The third kappa shape index (κ3) is 6.74. The Bertz CT molecular complexity index is 646. The molecule has 138 valence electrons. The van der Waals surface area contributed by atoms with Crippen LogP contribution < -0.4 is 19.5 Å². The SMILES string of the molecule is COc1cc(OC)c(OC)cc1/C=C/C(=O)OCC(=O)NC(C)(C)C. The number of carbonyl (C=O) groups is 2. The molecule has 7 nitrogen and oxygen atoms in total. The average Bonchev–Trinajstić information content (AvgIpc) is 2.55. The summed E-state index contributed by atoms with van der Waals surface area (Å²) in [6.07, 6.45) is 2.74. The first-order chi connectivity index (χ1) is 11.7. The number of ether oxygens (including phenoxy) is 4. The minimum atomic E-state index is -0.638. The summed E-state index contributed by atoms with van der Waals surface area (Å²) in [4.78, 5) is 23.4. The van der Waals surface area contributed by atoms with Gasteiger partial charge in [-0.15, -0.1) is 0 Å². The number of hydrogen-bond acceptors (Lipinski definition) is 6. The van der Waals surface area contributed by atoms with Crippen LogP contribution in [0.25, 0.3) is 6.08 Å². The third-order valence-corrected chi connectivity index (χ3v) is 2.99. The topological polar surface area (TPSA) is 83.1 Å². The van der Waals surface area contributed by atoms with E-state index in [4.69, 9.17) is 18.9 Å². The molecule has 0 atom stereocenters. The fourth-order valence-electron chi connectivity index (χ4n) is 1.98. The van der Waals surface area contributed by atoms with Gasteiger partial charge in [-0.05, 0) is 32.9 Å². The summed E-state index contributed by atoms with van der Waals surface area (Å²) in [5, 5.41) is 2.70. The van der Waals surface area contributed by atoms with E-state index < -0.39 is 5.97 Å². The Morgan fingerprint density at radius 3 is 2.08 bits per heavy atom. The summed E-state index contributed by atoms with van der Waals surface area (Å²) >= 11 is 0. The van der Waals surface area contributed by atoms with Gasteiger partial charge in [-0.1, -0.05) is 0 Å². The smallest absolute Gasteiger partial charge is 0.331 e. The van der Waals surface area contributed by atoms with Crippen LogP contribution in [0.5, 0.6) is 17.2 Å². The lowest BCUT2D eigenvalue weighted by Crippen LogP contribution is -2.42. The molecule has 0 spiro atoms. The summed E-state index contributed by atoms with van der Waals surface area (Å²) in [5.41, 5.74) is 0.225. The predicted octanol–water partition coefficient (Wildman–Crippen LogP) is 2.18. The molecule has 0 aliphatic heterocycles. The Hall–Kier alpha value is -2.70. The molecular weight excluding hydrogens is 326 g/mol. The van der Waals surface area contributed by atoms with E-state index in [-0.39, 0.29) is 18.1 Å². The molecular formula is C18H25NO6. The Balaban J connectivity index is 2.77. The molecule has 0 aliphatic carbocycles. The highest BCUT2D eigenvalue weighted by Gasteiger charge is 2.15. The van der Waals surface area contributed by atoms with E-state index in [0.717, 1.165) is 0 Å².